The van der Waals surface area contributed by atoms with Gasteiger partial charge in [-0.3, -0.25) is 24.2 Å². The molecule has 0 aliphatic heterocycles. The summed E-state index contributed by atoms with van der Waals surface area (Å²) in [5.41, 5.74) is 0.973. The summed E-state index contributed by atoms with van der Waals surface area (Å²) < 4.78 is 16.1. The molecule has 12 heteroatoms. The average Bonchev–Trinajstić information content (AvgIpc) is 2.86. The largest absolute Gasteiger partial charge is 0.508 e. The highest BCUT2D eigenvalue weighted by atomic mass is 19.1. The topological polar surface area (TPSA) is 182 Å². The van der Waals surface area contributed by atoms with Crippen molar-refractivity contribution in [1.29, 1.82) is 0 Å². The number of carbonyl (C=O) groups is 4. The lowest BCUT2D eigenvalue weighted by Gasteiger charge is -2.50. The number of amides is 1. The van der Waals surface area contributed by atoms with Crippen molar-refractivity contribution in [3.63, 3.8) is 0 Å². The molecule has 1 amide bonds. The molecule has 1 aromatic rings. The summed E-state index contributed by atoms with van der Waals surface area (Å²) in [4.78, 5) is 53.5. The number of hydrogen-bond donors (Lipinski definition) is 5. The van der Waals surface area contributed by atoms with Gasteiger partial charge in [0.15, 0.2) is 11.4 Å². The Labute approximate surface area is 243 Å². The number of nitrogens with zero attached hydrogens (tertiary/aromatic N) is 2. The van der Waals surface area contributed by atoms with Crippen LogP contribution in [0.2, 0.25) is 0 Å². The molecule has 3 aliphatic rings. The number of ketones is 2. The van der Waals surface area contributed by atoms with Crippen LogP contribution in [0.5, 0.6) is 5.75 Å². The van der Waals surface area contributed by atoms with Crippen LogP contribution in [0.3, 0.4) is 0 Å². The quantitative estimate of drug-likeness (QED) is 0.221. The van der Waals surface area contributed by atoms with Gasteiger partial charge in [-0.05, 0) is 44.3 Å². The van der Waals surface area contributed by atoms with Gasteiger partial charge < -0.3 is 31.0 Å². The number of halogens is 1. The molecule has 42 heavy (non-hydrogen) atoms. The highest BCUT2D eigenvalue weighted by Crippen LogP contribution is 2.53. The maximum absolute atomic E-state index is 16.1. The lowest BCUT2D eigenvalue weighted by Crippen LogP contribution is -2.65. The maximum atomic E-state index is 16.1. The minimum Gasteiger partial charge on any atom is -0.508 e. The molecule has 0 saturated heterocycles. The Kier molecular flexibility index (Phi) is 8.13. The van der Waals surface area contributed by atoms with E-state index in [0.717, 1.165) is 12.4 Å². The third kappa shape index (κ3) is 5.01. The van der Waals surface area contributed by atoms with E-state index in [-0.39, 0.29) is 53.5 Å². The van der Waals surface area contributed by atoms with Gasteiger partial charge in [0.05, 0.1) is 11.6 Å². The summed E-state index contributed by atoms with van der Waals surface area (Å²) in [5.74, 6) is -8.56. The minimum atomic E-state index is -2.76. The Hall–Kier alpha value is -3.61. The van der Waals surface area contributed by atoms with Gasteiger partial charge in [-0.15, -0.1) is 0 Å². The maximum Gasteiger partial charge on any atom is 0.255 e. The second-order valence-corrected chi connectivity index (χ2v) is 12.9. The average molecular weight is 588 g/mol. The van der Waals surface area contributed by atoms with E-state index in [9.17, 15) is 39.6 Å². The first kappa shape index (κ1) is 31.3. The number of likely N-dealkylation sites (N-methyl/N-ethyl adjacent to an activating group) is 1. The fourth-order valence-electron chi connectivity index (χ4n) is 6.82. The third-order valence-electron chi connectivity index (χ3n) is 8.38. The van der Waals surface area contributed by atoms with Crippen LogP contribution < -0.4 is 5.73 Å². The van der Waals surface area contributed by atoms with Gasteiger partial charge >= 0.3 is 0 Å². The van der Waals surface area contributed by atoms with Crippen molar-refractivity contribution in [3.05, 3.63) is 45.5 Å². The summed E-state index contributed by atoms with van der Waals surface area (Å²) in [6.45, 7) is 6.99. The van der Waals surface area contributed by atoms with Crippen LogP contribution in [0.15, 0.2) is 23.0 Å². The SMILES string of the molecule is CN(C)[C@@H]1C(=O)C(C(N)=O)=C(O)[C@@]2(O)C(=O)C3=C(O)c4c(O)cc(CN(CCC=O)CC(C)(C)C)c(F)c4C[C@H]3C[C@@H]12. The number of aromatic hydroxyl groups is 1. The number of benzene rings is 1. The van der Waals surface area contributed by atoms with Crippen molar-refractivity contribution in [2.75, 3.05) is 27.2 Å². The molecule has 4 rings (SSSR count). The molecule has 0 unspecified atom stereocenters. The van der Waals surface area contributed by atoms with Crippen LogP contribution in [0.4, 0.5) is 4.39 Å². The number of phenols is 1. The van der Waals surface area contributed by atoms with Crippen molar-refractivity contribution in [3.8, 4) is 5.75 Å². The van der Waals surface area contributed by atoms with E-state index in [0.29, 0.717) is 13.1 Å². The first-order valence-electron chi connectivity index (χ1n) is 13.8. The molecule has 0 bridgehead atoms. The normalized spacial score (nSPS) is 26.0. The molecule has 228 valence electrons. The summed E-state index contributed by atoms with van der Waals surface area (Å²) in [7, 11) is 3.01. The van der Waals surface area contributed by atoms with Crippen molar-refractivity contribution in [2.24, 2.45) is 23.0 Å². The van der Waals surface area contributed by atoms with Crippen molar-refractivity contribution >= 4 is 29.5 Å². The van der Waals surface area contributed by atoms with E-state index in [1.54, 1.807) is 0 Å². The number of hydrogen-bond acceptors (Lipinski definition) is 10. The van der Waals surface area contributed by atoms with Crippen LogP contribution in [0.25, 0.3) is 5.76 Å². The second-order valence-electron chi connectivity index (χ2n) is 12.9. The lowest BCUT2D eigenvalue weighted by molar-refractivity contribution is -0.153. The van der Waals surface area contributed by atoms with E-state index in [2.05, 4.69) is 0 Å². The zero-order valence-corrected chi connectivity index (χ0v) is 24.4. The lowest BCUT2D eigenvalue weighted by atomic mass is 9.57. The zero-order valence-electron chi connectivity index (χ0n) is 24.4. The highest BCUT2D eigenvalue weighted by Gasteiger charge is 2.64. The molecular weight excluding hydrogens is 549 g/mol. The third-order valence-corrected chi connectivity index (χ3v) is 8.38. The number of rotatable bonds is 8. The zero-order chi connectivity index (χ0) is 31.5. The van der Waals surface area contributed by atoms with Crippen molar-refractivity contribution in [1.82, 2.24) is 9.80 Å². The van der Waals surface area contributed by atoms with E-state index in [4.69, 9.17) is 5.73 Å². The molecule has 1 aromatic carbocycles. The number of aliphatic hydroxyl groups is 3. The number of nitrogens with two attached hydrogens (primary N) is 1. The fraction of sp³-hybridized carbons (Fsp3) is 0.533. The van der Waals surface area contributed by atoms with E-state index in [1.807, 2.05) is 25.7 Å². The molecule has 6 N–H and O–H groups in total. The van der Waals surface area contributed by atoms with Gasteiger partial charge in [-0.25, -0.2) is 4.39 Å². The summed E-state index contributed by atoms with van der Waals surface area (Å²) in [6.07, 6.45) is 0.736. The Balaban J connectivity index is 1.84. The Bertz CT molecular complexity index is 1430. The molecule has 0 radical (unpaired) electrons. The van der Waals surface area contributed by atoms with Gasteiger partial charge in [0, 0.05) is 48.7 Å². The molecule has 1 saturated carbocycles. The van der Waals surface area contributed by atoms with Gasteiger partial charge in [-0.1, -0.05) is 20.8 Å². The monoisotopic (exact) mass is 587 g/mol. The number of fused-ring (bicyclic) bond motifs is 3. The van der Waals surface area contributed by atoms with Crippen molar-refractivity contribution in [2.45, 2.75) is 58.2 Å². The minimum absolute atomic E-state index is 0.0262. The van der Waals surface area contributed by atoms with E-state index in [1.165, 1.54) is 19.0 Å². The molecule has 11 nitrogen and oxygen atoms in total. The number of Topliss-reactive ketones (excluding diaryl/α,β-unsaturated/α-hetero) is 2. The smallest absolute Gasteiger partial charge is 0.255 e. The van der Waals surface area contributed by atoms with Crippen LogP contribution in [0.1, 0.15) is 50.3 Å². The summed E-state index contributed by atoms with van der Waals surface area (Å²) in [5, 5.41) is 44.8. The molecule has 0 aromatic heterocycles. The molecular formula is C30H38FN3O8. The standard InChI is InChI=1S/C30H38FN3O8/c1-29(2,3)13-34(7-6-8-35)12-15-11-18(36)20-16(22(15)31)9-14-10-17-23(33(4)5)25(38)21(28(32)41)27(40)30(17,42)26(39)19(14)24(20)37/h8,11,14,17,23,36-37,40,42H,6-7,9-10,12-13H2,1-5H3,(H2,32,41)/t14-,17-,23-,30-/m0/s1. The summed E-state index contributed by atoms with van der Waals surface area (Å²) >= 11 is 0. The van der Waals surface area contributed by atoms with Crippen LogP contribution >= 0.6 is 0 Å². The molecule has 0 heterocycles. The molecule has 3 aliphatic carbocycles. The molecule has 1 fully saturated rings. The Morgan fingerprint density at radius 1 is 1.21 bits per heavy atom. The second kappa shape index (κ2) is 10.9. The number of aldehydes is 1. The van der Waals surface area contributed by atoms with E-state index >= 15 is 4.39 Å². The first-order valence-corrected chi connectivity index (χ1v) is 13.8. The van der Waals surface area contributed by atoms with Crippen LogP contribution in [0, 0.1) is 23.1 Å². The Morgan fingerprint density at radius 2 is 1.86 bits per heavy atom. The predicted octanol–water partition coefficient (Wildman–Crippen LogP) is 1.54. The number of aliphatic hydroxyl groups excluding tert-OH is 2. The number of carbonyl (C=O) groups excluding carboxylic acids is 4. The molecule has 4 atom stereocenters. The number of phenolic OH excluding ortho intramolecular Hbond substituents is 1. The first-order chi connectivity index (χ1) is 19.4. The summed E-state index contributed by atoms with van der Waals surface area (Å²) in [6, 6.07) is -0.0628. The van der Waals surface area contributed by atoms with Gasteiger partial charge in [-0.2, -0.15) is 0 Å². The van der Waals surface area contributed by atoms with Gasteiger partial charge in [0.25, 0.3) is 5.91 Å². The number of primary amides is 1. The van der Waals surface area contributed by atoms with Gasteiger partial charge in [0.1, 0.15) is 34.9 Å². The van der Waals surface area contributed by atoms with E-state index < -0.39 is 69.6 Å². The predicted molar refractivity (Wildman–Crippen MR) is 150 cm³/mol. The highest BCUT2D eigenvalue weighted by molar-refractivity contribution is 6.24. The van der Waals surface area contributed by atoms with Gasteiger partial charge in [0.2, 0.25) is 5.78 Å². The van der Waals surface area contributed by atoms with Crippen LogP contribution in [-0.4, -0.2) is 92.8 Å². The fourth-order valence-corrected chi connectivity index (χ4v) is 6.82. The van der Waals surface area contributed by atoms with Crippen LogP contribution in [-0.2, 0) is 32.1 Å². The molecule has 0 spiro atoms. The van der Waals surface area contributed by atoms with Crippen molar-refractivity contribution < 1.29 is 44.0 Å². The Morgan fingerprint density at radius 3 is 2.40 bits per heavy atom.